The summed E-state index contributed by atoms with van der Waals surface area (Å²) in [6.45, 7) is 10.3. The van der Waals surface area contributed by atoms with E-state index in [0.717, 1.165) is 0 Å². The van der Waals surface area contributed by atoms with Crippen molar-refractivity contribution in [3.05, 3.63) is 40.3 Å². The molecule has 0 aliphatic heterocycles. The summed E-state index contributed by atoms with van der Waals surface area (Å²) in [5, 5.41) is 28.1. The maximum Gasteiger partial charge on any atom is 0.269 e. The van der Waals surface area contributed by atoms with E-state index in [1.165, 1.54) is 12.1 Å². The predicted octanol–water partition coefficient (Wildman–Crippen LogP) is 3.11. The third kappa shape index (κ3) is 6.36. The highest BCUT2D eigenvalue weighted by Gasteiger charge is 2.24. The van der Waals surface area contributed by atoms with Crippen LogP contribution in [0.25, 0.3) is 11.4 Å². The molecule has 0 aliphatic carbocycles. The number of benzene rings is 1. The Hall–Kier alpha value is -2.36. The number of nitrogens with zero attached hydrogens (tertiary/aromatic N) is 3. The van der Waals surface area contributed by atoms with E-state index in [9.17, 15) is 15.2 Å². The van der Waals surface area contributed by atoms with Gasteiger partial charge in [-0.3, -0.25) is 10.1 Å². The molecule has 2 unspecified atom stereocenters. The van der Waals surface area contributed by atoms with Crippen LogP contribution in [0.2, 0.25) is 0 Å². The van der Waals surface area contributed by atoms with Gasteiger partial charge in [0.2, 0.25) is 11.7 Å². The molecule has 9 heteroatoms. The fourth-order valence-corrected chi connectivity index (χ4v) is 2.49. The molecule has 1 aromatic carbocycles. The number of rotatable bonds is 9. The molecule has 2 atom stereocenters. The van der Waals surface area contributed by atoms with E-state index in [1.807, 2.05) is 34.6 Å². The molecule has 0 radical (unpaired) electrons. The molecule has 0 saturated heterocycles. The summed E-state index contributed by atoms with van der Waals surface area (Å²) in [6, 6.07) is 5.71. The Balaban J connectivity index is 2.03. The van der Waals surface area contributed by atoms with E-state index in [2.05, 4.69) is 15.5 Å². The fraction of sp³-hybridized carbons (Fsp3) is 0.579. The van der Waals surface area contributed by atoms with Gasteiger partial charge in [0.05, 0.1) is 29.3 Å². The van der Waals surface area contributed by atoms with E-state index in [1.54, 1.807) is 12.1 Å². The van der Waals surface area contributed by atoms with Crippen LogP contribution < -0.4 is 5.32 Å². The second-order valence-corrected chi connectivity index (χ2v) is 7.97. The molecule has 0 saturated carbocycles. The van der Waals surface area contributed by atoms with Crippen LogP contribution in [0.4, 0.5) is 5.69 Å². The lowest BCUT2D eigenvalue weighted by Gasteiger charge is -2.24. The first kappa shape index (κ1) is 21.9. The van der Waals surface area contributed by atoms with E-state index in [4.69, 9.17) is 9.26 Å². The maximum atomic E-state index is 10.8. The van der Waals surface area contributed by atoms with Crippen molar-refractivity contribution < 1.29 is 19.3 Å². The molecular formula is C19H28N4O5. The lowest BCUT2D eigenvalue weighted by molar-refractivity contribution is -0.384. The minimum Gasteiger partial charge on any atom is -0.389 e. The number of aromatic nitrogens is 2. The number of aliphatic hydroxyl groups excluding tert-OH is 1. The fourth-order valence-electron chi connectivity index (χ4n) is 2.49. The molecule has 2 N–H and O–H groups in total. The molecular weight excluding hydrogens is 364 g/mol. The number of nitro groups is 1. The highest BCUT2D eigenvalue weighted by Crippen LogP contribution is 2.24. The second kappa shape index (κ2) is 9.22. The van der Waals surface area contributed by atoms with E-state index in [-0.39, 0.29) is 29.9 Å². The molecule has 154 valence electrons. The van der Waals surface area contributed by atoms with Crippen LogP contribution in [0, 0.1) is 16.0 Å². The Kier molecular flexibility index (Phi) is 7.22. The molecule has 0 fully saturated rings. The molecule has 2 rings (SSSR count). The summed E-state index contributed by atoms with van der Waals surface area (Å²) in [5.41, 5.74) is 0.312. The molecule has 0 aliphatic rings. The minimum atomic E-state index is -0.669. The SMILES string of the molecule is CC(C)C(NCC(O)COC(C)(C)C)c1nc(-c2ccc([N+](=O)[O-])cc2)no1. The zero-order valence-corrected chi connectivity index (χ0v) is 16.9. The average Bonchev–Trinajstić information content (AvgIpc) is 3.09. The maximum absolute atomic E-state index is 10.8. The van der Waals surface area contributed by atoms with Gasteiger partial charge in [-0.15, -0.1) is 0 Å². The van der Waals surface area contributed by atoms with Crippen molar-refractivity contribution in [2.45, 2.75) is 52.4 Å². The smallest absolute Gasteiger partial charge is 0.269 e. The summed E-state index contributed by atoms with van der Waals surface area (Å²) in [4.78, 5) is 14.7. The lowest BCUT2D eigenvalue weighted by Crippen LogP contribution is -2.37. The first-order valence-electron chi connectivity index (χ1n) is 9.20. The predicted molar refractivity (Wildman–Crippen MR) is 104 cm³/mol. The van der Waals surface area contributed by atoms with Gasteiger partial charge >= 0.3 is 0 Å². The minimum absolute atomic E-state index is 0.000607. The second-order valence-electron chi connectivity index (χ2n) is 7.97. The summed E-state index contributed by atoms with van der Waals surface area (Å²) >= 11 is 0. The van der Waals surface area contributed by atoms with Crippen molar-refractivity contribution in [2.24, 2.45) is 5.92 Å². The zero-order valence-electron chi connectivity index (χ0n) is 16.9. The van der Waals surface area contributed by atoms with Crippen molar-refractivity contribution in [3.63, 3.8) is 0 Å². The molecule has 1 aromatic heterocycles. The van der Waals surface area contributed by atoms with E-state index < -0.39 is 11.0 Å². The van der Waals surface area contributed by atoms with Crippen molar-refractivity contribution in [3.8, 4) is 11.4 Å². The normalized spacial score (nSPS) is 14.2. The molecule has 28 heavy (non-hydrogen) atoms. The highest BCUT2D eigenvalue weighted by molar-refractivity contribution is 5.56. The molecule has 2 aromatic rings. The molecule has 1 heterocycles. The summed E-state index contributed by atoms with van der Waals surface area (Å²) in [5.74, 6) is 0.891. The molecule has 0 spiro atoms. The number of ether oxygens (including phenoxy) is 1. The van der Waals surface area contributed by atoms with E-state index in [0.29, 0.717) is 23.8 Å². The number of non-ortho nitro benzene ring substituents is 1. The number of nitrogens with one attached hydrogen (secondary N) is 1. The van der Waals surface area contributed by atoms with E-state index >= 15 is 0 Å². The van der Waals surface area contributed by atoms with Gasteiger partial charge in [0.25, 0.3) is 5.69 Å². The van der Waals surface area contributed by atoms with Gasteiger partial charge in [0.15, 0.2) is 0 Å². The van der Waals surface area contributed by atoms with Gasteiger partial charge in [0.1, 0.15) is 0 Å². The number of nitro benzene ring substituents is 1. The number of hydrogen-bond donors (Lipinski definition) is 2. The highest BCUT2D eigenvalue weighted by atomic mass is 16.6. The van der Waals surface area contributed by atoms with Gasteiger partial charge in [-0.05, 0) is 38.8 Å². The van der Waals surface area contributed by atoms with Crippen LogP contribution in [-0.2, 0) is 4.74 Å². The van der Waals surface area contributed by atoms with Crippen LogP contribution in [0.15, 0.2) is 28.8 Å². The van der Waals surface area contributed by atoms with Gasteiger partial charge in [-0.2, -0.15) is 4.98 Å². The van der Waals surface area contributed by atoms with Gasteiger partial charge in [0, 0.05) is 24.2 Å². The van der Waals surface area contributed by atoms with Crippen molar-refractivity contribution >= 4 is 5.69 Å². The van der Waals surface area contributed by atoms with Crippen molar-refractivity contribution in [1.29, 1.82) is 0 Å². The van der Waals surface area contributed by atoms with Crippen molar-refractivity contribution in [2.75, 3.05) is 13.2 Å². The van der Waals surface area contributed by atoms with Crippen molar-refractivity contribution in [1.82, 2.24) is 15.5 Å². The zero-order chi connectivity index (χ0) is 20.9. The summed E-state index contributed by atoms with van der Waals surface area (Å²) < 4.78 is 11.0. The number of aliphatic hydroxyl groups is 1. The van der Waals surface area contributed by atoms with Gasteiger partial charge in [-0.25, -0.2) is 0 Å². The first-order chi connectivity index (χ1) is 13.1. The van der Waals surface area contributed by atoms with Crippen LogP contribution in [0.1, 0.15) is 46.6 Å². The van der Waals surface area contributed by atoms with Gasteiger partial charge in [-0.1, -0.05) is 19.0 Å². The average molecular weight is 392 g/mol. The Morgan fingerprint density at radius 3 is 2.46 bits per heavy atom. The topological polar surface area (TPSA) is 124 Å². The Morgan fingerprint density at radius 1 is 1.29 bits per heavy atom. The molecule has 9 nitrogen and oxygen atoms in total. The third-order valence-electron chi connectivity index (χ3n) is 3.99. The van der Waals surface area contributed by atoms with Crippen LogP contribution in [-0.4, -0.2) is 45.0 Å². The standard InChI is InChI=1S/C19H28N4O5/c1-12(2)16(20-10-15(24)11-27-19(3,4)5)18-21-17(22-28-18)13-6-8-14(9-7-13)23(25)26/h6-9,12,15-16,20,24H,10-11H2,1-5H3. The lowest BCUT2D eigenvalue weighted by atomic mass is 10.0. The van der Waals surface area contributed by atoms with Crippen LogP contribution in [0.3, 0.4) is 0 Å². The third-order valence-corrected chi connectivity index (χ3v) is 3.99. The Labute approximate surface area is 164 Å². The quantitative estimate of drug-likeness (QED) is 0.493. The van der Waals surface area contributed by atoms with Crippen LogP contribution in [0.5, 0.6) is 0 Å². The molecule has 0 amide bonds. The number of hydrogen-bond acceptors (Lipinski definition) is 8. The largest absolute Gasteiger partial charge is 0.389 e. The Morgan fingerprint density at radius 2 is 1.93 bits per heavy atom. The molecule has 0 bridgehead atoms. The Bertz CT molecular complexity index is 767. The monoisotopic (exact) mass is 392 g/mol. The summed E-state index contributed by atoms with van der Waals surface area (Å²) in [7, 11) is 0. The van der Waals surface area contributed by atoms with Gasteiger partial charge < -0.3 is 19.7 Å². The van der Waals surface area contributed by atoms with Crippen LogP contribution >= 0.6 is 0 Å². The first-order valence-corrected chi connectivity index (χ1v) is 9.20. The summed E-state index contributed by atoms with van der Waals surface area (Å²) in [6.07, 6.45) is -0.669.